The predicted molar refractivity (Wildman–Crippen MR) is 139 cm³/mol. The molecule has 2 amide bonds. The van der Waals surface area contributed by atoms with Gasteiger partial charge in [-0.1, -0.05) is 48.5 Å². The molecule has 8 heteroatoms. The molecule has 3 aromatic carbocycles. The molecule has 34 heavy (non-hydrogen) atoms. The smallest absolute Gasteiger partial charge is 0.293 e. The fraction of sp³-hybridized carbons (Fsp3) is 0.115. The van der Waals surface area contributed by atoms with Gasteiger partial charge in [-0.05, 0) is 75.3 Å². The first-order valence-electron chi connectivity index (χ1n) is 10.3. The summed E-state index contributed by atoms with van der Waals surface area (Å²) in [4.78, 5) is 27.0. The molecular weight excluding hydrogens is 563 g/mol. The van der Waals surface area contributed by atoms with Gasteiger partial charge < -0.3 is 9.47 Å². The van der Waals surface area contributed by atoms with E-state index in [0.717, 1.165) is 31.4 Å². The van der Waals surface area contributed by atoms with Crippen LogP contribution in [-0.4, -0.2) is 23.2 Å². The highest BCUT2D eigenvalue weighted by Gasteiger charge is 2.35. The lowest BCUT2D eigenvalue weighted by molar-refractivity contribution is -0.123. The number of rotatable bonds is 7. The molecule has 0 aromatic heterocycles. The van der Waals surface area contributed by atoms with Gasteiger partial charge in [-0.2, -0.15) is 5.26 Å². The van der Waals surface area contributed by atoms with Crippen LogP contribution in [0.1, 0.15) is 22.3 Å². The third-order valence-corrected chi connectivity index (χ3v) is 6.82. The van der Waals surface area contributed by atoms with Crippen LogP contribution in [-0.2, 0) is 17.9 Å². The predicted octanol–water partition coefficient (Wildman–Crippen LogP) is 5.99. The van der Waals surface area contributed by atoms with Crippen molar-refractivity contribution in [2.75, 3.05) is 7.11 Å². The van der Waals surface area contributed by atoms with E-state index in [9.17, 15) is 14.9 Å². The van der Waals surface area contributed by atoms with Gasteiger partial charge in [0.15, 0.2) is 11.5 Å². The van der Waals surface area contributed by atoms with E-state index in [4.69, 9.17) is 9.47 Å². The van der Waals surface area contributed by atoms with Crippen molar-refractivity contribution in [1.29, 1.82) is 5.26 Å². The van der Waals surface area contributed by atoms with Gasteiger partial charge in [-0.3, -0.25) is 14.5 Å². The van der Waals surface area contributed by atoms with Crippen LogP contribution in [0.3, 0.4) is 0 Å². The van der Waals surface area contributed by atoms with E-state index in [1.54, 1.807) is 43.5 Å². The monoisotopic (exact) mass is 582 g/mol. The Morgan fingerprint density at radius 2 is 1.82 bits per heavy atom. The number of imide groups is 1. The van der Waals surface area contributed by atoms with E-state index in [1.807, 2.05) is 36.4 Å². The van der Waals surface area contributed by atoms with E-state index in [0.29, 0.717) is 34.1 Å². The quantitative estimate of drug-likeness (QED) is 0.252. The number of ether oxygens (including phenoxy) is 2. The Kier molecular flexibility index (Phi) is 7.55. The SMILES string of the molecule is COc1cc(/C=C2/SC(=O)N(Cc3ccccc3C#N)C2=O)cc(I)c1OCc1ccccc1. The highest BCUT2D eigenvalue weighted by molar-refractivity contribution is 14.1. The highest BCUT2D eigenvalue weighted by Crippen LogP contribution is 2.38. The van der Waals surface area contributed by atoms with Crippen LogP contribution >= 0.6 is 34.4 Å². The zero-order valence-corrected chi connectivity index (χ0v) is 21.1. The molecule has 1 fully saturated rings. The van der Waals surface area contributed by atoms with Crippen LogP contribution in [0.2, 0.25) is 0 Å². The standard InChI is InChI=1S/C26H19IN2O4S/c1-32-22-12-18(11-21(27)24(22)33-16-17-7-3-2-4-8-17)13-23-25(30)29(26(31)34-23)15-20-10-6-5-9-19(20)14-28/h2-13H,15-16H2,1H3/b23-13+. The van der Waals surface area contributed by atoms with Gasteiger partial charge in [0.05, 0.1) is 33.8 Å². The third kappa shape index (κ3) is 5.26. The second-order valence-electron chi connectivity index (χ2n) is 7.35. The number of carbonyl (C=O) groups is 2. The maximum absolute atomic E-state index is 13.0. The minimum absolute atomic E-state index is 0.0544. The normalized spacial score (nSPS) is 14.4. The van der Waals surface area contributed by atoms with Crippen LogP contribution in [0, 0.1) is 14.9 Å². The summed E-state index contributed by atoms with van der Waals surface area (Å²) in [5, 5.41) is 8.93. The number of benzene rings is 3. The second-order valence-corrected chi connectivity index (χ2v) is 9.50. The highest BCUT2D eigenvalue weighted by atomic mass is 127. The molecule has 0 saturated carbocycles. The molecule has 0 bridgehead atoms. The summed E-state index contributed by atoms with van der Waals surface area (Å²) in [6, 6.07) is 22.5. The number of carbonyl (C=O) groups excluding carboxylic acids is 2. The number of hydrogen-bond acceptors (Lipinski definition) is 6. The molecule has 0 radical (unpaired) electrons. The van der Waals surface area contributed by atoms with Crippen LogP contribution in [0.25, 0.3) is 6.08 Å². The molecule has 3 aromatic rings. The molecule has 6 nitrogen and oxygen atoms in total. The zero-order valence-electron chi connectivity index (χ0n) is 18.2. The Bertz CT molecular complexity index is 1320. The lowest BCUT2D eigenvalue weighted by Crippen LogP contribution is -2.27. The minimum atomic E-state index is -0.388. The molecule has 0 aliphatic carbocycles. The number of amides is 2. The zero-order chi connectivity index (χ0) is 24.1. The van der Waals surface area contributed by atoms with Gasteiger partial charge in [0.1, 0.15) is 6.61 Å². The number of methoxy groups -OCH3 is 1. The summed E-state index contributed by atoms with van der Waals surface area (Å²) in [5.41, 5.74) is 2.83. The molecule has 1 saturated heterocycles. The van der Waals surface area contributed by atoms with Crippen molar-refractivity contribution in [3.05, 3.63) is 97.5 Å². The van der Waals surface area contributed by atoms with Crippen molar-refractivity contribution in [2.24, 2.45) is 0 Å². The molecular formula is C26H19IN2O4S. The first-order valence-corrected chi connectivity index (χ1v) is 12.2. The molecule has 0 spiro atoms. The van der Waals surface area contributed by atoms with E-state index < -0.39 is 0 Å². The lowest BCUT2D eigenvalue weighted by Gasteiger charge is -2.14. The minimum Gasteiger partial charge on any atom is -0.493 e. The maximum Gasteiger partial charge on any atom is 0.293 e. The van der Waals surface area contributed by atoms with Gasteiger partial charge in [0.2, 0.25) is 0 Å². The number of thioether (sulfide) groups is 1. The summed E-state index contributed by atoms with van der Waals surface area (Å²) >= 11 is 3.05. The molecule has 1 aliphatic rings. The second kappa shape index (κ2) is 10.8. The van der Waals surface area contributed by atoms with Crippen molar-refractivity contribution in [1.82, 2.24) is 4.90 Å². The summed E-state index contributed by atoms with van der Waals surface area (Å²) in [6.07, 6.45) is 1.67. The Morgan fingerprint density at radius 3 is 2.56 bits per heavy atom. The van der Waals surface area contributed by atoms with Crippen molar-refractivity contribution < 1.29 is 19.1 Å². The van der Waals surface area contributed by atoms with E-state index in [2.05, 4.69) is 28.7 Å². The fourth-order valence-electron chi connectivity index (χ4n) is 3.42. The topological polar surface area (TPSA) is 79.6 Å². The van der Waals surface area contributed by atoms with Gasteiger partial charge in [0.25, 0.3) is 11.1 Å². The van der Waals surface area contributed by atoms with Gasteiger partial charge in [0, 0.05) is 0 Å². The van der Waals surface area contributed by atoms with Crippen molar-refractivity contribution >= 4 is 51.6 Å². The van der Waals surface area contributed by atoms with Crippen molar-refractivity contribution in [2.45, 2.75) is 13.2 Å². The molecule has 0 unspecified atom stereocenters. The lowest BCUT2D eigenvalue weighted by atomic mass is 10.1. The Balaban J connectivity index is 1.55. The summed E-state index contributed by atoms with van der Waals surface area (Å²) in [5.74, 6) is 0.766. The fourth-order valence-corrected chi connectivity index (χ4v) is 5.04. The Labute approximate surface area is 215 Å². The average molecular weight is 582 g/mol. The number of nitrogens with zero attached hydrogens (tertiary/aromatic N) is 2. The summed E-state index contributed by atoms with van der Waals surface area (Å²) in [6.45, 7) is 0.453. The van der Waals surface area contributed by atoms with Gasteiger partial charge >= 0.3 is 0 Å². The number of hydrogen-bond donors (Lipinski definition) is 0. The summed E-state index contributed by atoms with van der Waals surface area (Å²) < 4.78 is 12.4. The van der Waals surface area contributed by atoms with Crippen LogP contribution in [0.4, 0.5) is 4.79 Å². The van der Waals surface area contributed by atoms with Gasteiger partial charge in [-0.15, -0.1) is 0 Å². The largest absolute Gasteiger partial charge is 0.493 e. The summed E-state index contributed by atoms with van der Waals surface area (Å²) in [7, 11) is 1.56. The van der Waals surface area contributed by atoms with E-state index in [1.165, 1.54) is 0 Å². The number of halogens is 1. The van der Waals surface area contributed by atoms with E-state index in [-0.39, 0.29) is 17.7 Å². The molecule has 0 N–H and O–H groups in total. The first kappa shape index (κ1) is 23.9. The van der Waals surface area contributed by atoms with Crippen LogP contribution in [0.15, 0.2) is 71.6 Å². The molecule has 1 aliphatic heterocycles. The van der Waals surface area contributed by atoms with Gasteiger partial charge in [-0.25, -0.2) is 0 Å². The van der Waals surface area contributed by atoms with Crippen LogP contribution in [0.5, 0.6) is 11.5 Å². The third-order valence-electron chi connectivity index (χ3n) is 5.12. The number of nitriles is 1. The maximum atomic E-state index is 13.0. The van der Waals surface area contributed by atoms with Crippen molar-refractivity contribution in [3.63, 3.8) is 0 Å². The Morgan fingerprint density at radius 1 is 1.09 bits per heavy atom. The Hall–Kier alpha value is -3.29. The van der Waals surface area contributed by atoms with E-state index >= 15 is 0 Å². The van der Waals surface area contributed by atoms with Crippen molar-refractivity contribution in [3.8, 4) is 17.6 Å². The molecule has 4 rings (SSSR count). The molecule has 0 atom stereocenters. The molecule has 1 heterocycles. The average Bonchev–Trinajstić information content (AvgIpc) is 3.11. The molecule has 170 valence electrons. The van der Waals surface area contributed by atoms with Crippen LogP contribution < -0.4 is 9.47 Å². The first-order chi connectivity index (χ1) is 16.5.